The maximum absolute atomic E-state index is 8.55. The number of hydrogen-bond acceptors (Lipinski definition) is 4. The van der Waals surface area contributed by atoms with Gasteiger partial charge in [0.05, 0.1) is 0 Å². The fourth-order valence-corrected chi connectivity index (χ4v) is 0. The van der Waals surface area contributed by atoms with Crippen molar-refractivity contribution in [2.45, 2.75) is 0 Å². The van der Waals surface area contributed by atoms with Crippen LogP contribution in [0.15, 0.2) is 0 Å². The summed E-state index contributed by atoms with van der Waals surface area (Å²) >= 11 is 0. The Balaban J connectivity index is -0.0000000267. The van der Waals surface area contributed by atoms with Crippen LogP contribution in [0.3, 0.4) is 0 Å². The van der Waals surface area contributed by atoms with E-state index < -0.39 is 7.82 Å². The maximum atomic E-state index is 8.55. The van der Waals surface area contributed by atoms with Crippen LogP contribution in [-0.4, -0.2) is 83.2 Å². The van der Waals surface area contributed by atoms with E-state index in [1.165, 1.54) is 0 Å². The van der Waals surface area contributed by atoms with Gasteiger partial charge in [-0.05, 0) is 0 Å². The average Bonchev–Trinajstić information content (AvgIpc) is 0.722. The Morgan fingerprint density at radius 3 is 1.12 bits per heavy atom. The SMILES string of the molecule is O=P([O-])([O-])[O-].P.[Ca+2].[Sr+2]. The smallest absolute Gasteiger partial charge is 0.822 e. The summed E-state index contributed by atoms with van der Waals surface area (Å²) in [5.74, 6) is 0. The zero-order valence-electron chi connectivity index (χ0n) is 4.20. The molecule has 0 spiro atoms. The van der Waals surface area contributed by atoms with Gasteiger partial charge in [0.15, 0.2) is 0 Å². The molecule has 0 bridgehead atoms. The van der Waals surface area contributed by atoms with Crippen molar-refractivity contribution < 1.29 is 19.2 Å². The van der Waals surface area contributed by atoms with Crippen molar-refractivity contribution in [1.29, 1.82) is 0 Å². The first-order valence-corrected chi connectivity index (χ1v) is 2.19. The molecule has 1 unspecified atom stereocenters. The van der Waals surface area contributed by atoms with Gasteiger partial charge in [0.2, 0.25) is 0 Å². The Bertz CT molecular complexity index is 60.2. The molecule has 0 aliphatic carbocycles. The molecule has 0 saturated heterocycles. The molecule has 0 aliphatic rings. The average molecular weight is 257 g/mol. The second-order valence-corrected chi connectivity index (χ2v) is 1.34. The molecular formula is H3CaO4P2Sr+. The van der Waals surface area contributed by atoms with Crippen molar-refractivity contribution in [1.82, 2.24) is 0 Å². The summed E-state index contributed by atoms with van der Waals surface area (Å²) < 4.78 is 8.55. The van der Waals surface area contributed by atoms with Crippen LogP contribution in [0.4, 0.5) is 0 Å². The first kappa shape index (κ1) is 22.5. The summed E-state index contributed by atoms with van der Waals surface area (Å²) in [6, 6.07) is 0. The largest absolute Gasteiger partial charge is 2.00 e. The van der Waals surface area contributed by atoms with Gasteiger partial charge in [-0.25, -0.2) is 0 Å². The summed E-state index contributed by atoms with van der Waals surface area (Å²) in [5, 5.41) is 0. The first-order valence-electron chi connectivity index (χ1n) is 0.730. The van der Waals surface area contributed by atoms with Gasteiger partial charge in [-0.1, -0.05) is 0 Å². The van der Waals surface area contributed by atoms with Crippen LogP contribution in [0.5, 0.6) is 0 Å². The predicted octanol–water partition coefficient (Wildman–Crippen LogP) is -3.53. The first-order chi connectivity index (χ1) is 2.00. The molecule has 0 aromatic rings. The third-order valence-corrected chi connectivity index (χ3v) is 0. The summed E-state index contributed by atoms with van der Waals surface area (Å²) in [6.45, 7) is 0. The standard InChI is InChI=1S/Ca.H3O4P.H3P.Sr/c;1-5(2,3)4;;/h;(H3,1,2,3,4);1H3;/q+2;;;+2/p-3. The molecule has 1 atom stereocenters. The van der Waals surface area contributed by atoms with Gasteiger partial charge in [0.1, 0.15) is 0 Å². The van der Waals surface area contributed by atoms with Gasteiger partial charge < -0.3 is 19.2 Å². The number of hydrogen-bond donors (Lipinski definition) is 0. The van der Waals surface area contributed by atoms with Gasteiger partial charge in [-0.2, -0.15) is 17.7 Å². The van der Waals surface area contributed by atoms with Crippen molar-refractivity contribution in [3.8, 4) is 0 Å². The number of phosphoric acid groups is 1. The van der Waals surface area contributed by atoms with Gasteiger partial charge >= 0.3 is 83.2 Å². The molecule has 40 valence electrons. The van der Waals surface area contributed by atoms with Crippen molar-refractivity contribution >= 4 is 101 Å². The van der Waals surface area contributed by atoms with E-state index in [2.05, 4.69) is 0 Å². The van der Waals surface area contributed by atoms with E-state index in [1.54, 1.807) is 0 Å². The Hall–Kier alpha value is 3.28. The van der Waals surface area contributed by atoms with Crippen LogP contribution >= 0.6 is 17.7 Å². The summed E-state index contributed by atoms with van der Waals surface area (Å²) in [7, 11) is -5.39. The van der Waals surface area contributed by atoms with Gasteiger partial charge in [-0.15, -0.1) is 0 Å². The molecular weight excluding hydrogens is 254 g/mol. The van der Waals surface area contributed by atoms with E-state index in [1.807, 2.05) is 0 Å². The fourth-order valence-electron chi connectivity index (χ4n) is 0. The molecule has 0 N–H and O–H groups in total. The minimum atomic E-state index is -5.39. The Kier molecular flexibility index (Phi) is 28.9. The molecule has 0 fully saturated rings. The minimum Gasteiger partial charge on any atom is -0.822 e. The van der Waals surface area contributed by atoms with Crippen LogP contribution in [-0.2, 0) is 4.57 Å². The van der Waals surface area contributed by atoms with E-state index in [9.17, 15) is 0 Å². The van der Waals surface area contributed by atoms with Crippen LogP contribution in [0.2, 0.25) is 0 Å². The third-order valence-electron chi connectivity index (χ3n) is 0. The van der Waals surface area contributed by atoms with Crippen molar-refractivity contribution in [2.75, 3.05) is 0 Å². The number of rotatable bonds is 0. The molecule has 8 heteroatoms. The second-order valence-electron chi connectivity index (χ2n) is 0.447. The van der Waals surface area contributed by atoms with E-state index in [0.717, 1.165) is 0 Å². The summed E-state index contributed by atoms with van der Waals surface area (Å²) in [6.07, 6.45) is 0. The molecule has 0 radical (unpaired) electrons. The zero-order valence-corrected chi connectivity index (χ0v) is 12.2. The Morgan fingerprint density at radius 1 is 1.12 bits per heavy atom. The molecule has 0 aromatic heterocycles. The minimum absolute atomic E-state index is 0. The topological polar surface area (TPSA) is 86.2 Å². The summed E-state index contributed by atoms with van der Waals surface area (Å²) in [5.41, 5.74) is 0. The van der Waals surface area contributed by atoms with E-state index in [0.29, 0.717) is 0 Å². The predicted molar refractivity (Wildman–Crippen MR) is 30.2 cm³/mol. The molecule has 4 nitrogen and oxygen atoms in total. The van der Waals surface area contributed by atoms with Crippen molar-refractivity contribution in [2.24, 2.45) is 0 Å². The van der Waals surface area contributed by atoms with Crippen LogP contribution in [0.1, 0.15) is 0 Å². The molecule has 0 rings (SSSR count). The molecule has 0 heterocycles. The molecule has 0 saturated carbocycles. The Labute approximate surface area is 118 Å². The van der Waals surface area contributed by atoms with Gasteiger partial charge in [0, 0.05) is 0 Å². The van der Waals surface area contributed by atoms with Crippen LogP contribution < -0.4 is 14.7 Å². The normalized spacial score (nSPS) is 7.38. The molecule has 0 amide bonds. The monoisotopic (exact) mass is 257 g/mol. The van der Waals surface area contributed by atoms with Gasteiger partial charge in [0.25, 0.3) is 0 Å². The molecule has 0 aliphatic heterocycles. The van der Waals surface area contributed by atoms with Gasteiger partial charge in [-0.3, -0.25) is 0 Å². The maximum Gasteiger partial charge on any atom is 2.00 e. The third kappa shape index (κ3) is 59.1. The zero-order chi connectivity index (χ0) is 4.50. The van der Waals surface area contributed by atoms with E-state index in [4.69, 9.17) is 19.2 Å². The van der Waals surface area contributed by atoms with Crippen molar-refractivity contribution in [3.63, 3.8) is 0 Å². The fraction of sp³-hybridized carbons (Fsp3) is 0. The Morgan fingerprint density at radius 2 is 1.12 bits per heavy atom. The van der Waals surface area contributed by atoms with Crippen molar-refractivity contribution in [3.05, 3.63) is 0 Å². The van der Waals surface area contributed by atoms with E-state index >= 15 is 0 Å². The molecule has 0 aromatic carbocycles. The van der Waals surface area contributed by atoms with Crippen LogP contribution in [0, 0.1) is 0 Å². The molecule has 8 heavy (non-hydrogen) atoms. The summed E-state index contributed by atoms with van der Waals surface area (Å²) in [4.78, 5) is 25.6. The van der Waals surface area contributed by atoms with E-state index in [-0.39, 0.29) is 93.1 Å². The second kappa shape index (κ2) is 10.3. The van der Waals surface area contributed by atoms with Crippen LogP contribution in [0.25, 0.3) is 0 Å². The quantitative estimate of drug-likeness (QED) is 0.332.